The lowest BCUT2D eigenvalue weighted by atomic mass is 9.82. The van der Waals surface area contributed by atoms with Crippen LogP contribution < -0.4 is 5.32 Å². The number of carbonyl (C=O) groups excluding carboxylic acids is 2. The van der Waals surface area contributed by atoms with Gasteiger partial charge in [-0.15, -0.1) is 0 Å². The Bertz CT molecular complexity index is 733. The molecule has 1 saturated heterocycles. The molecule has 1 heterocycles. The summed E-state index contributed by atoms with van der Waals surface area (Å²) in [6, 6.07) is 8.36. The van der Waals surface area contributed by atoms with Crippen LogP contribution in [0.3, 0.4) is 0 Å². The summed E-state index contributed by atoms with van der Waals surface area (Å²) in [5.74, 6) is 0.670. The molecule has 6 heteroatoms. The Labute approximate surface area is 167 Å². The van der Waals surface area contributed by atoms with Crippen molar-refractivity contribution in [3.05, 3.63) is 35.4 Å². The van der Waals surface area contributed by atoms with Crippen LogP contribution >= 0.6 is 0 Å². The zero-order valence-electron chi connectivity index (χ0n) is 17.8. The minimum absolute atomic E-state index is 0.351. The highest BCUT2D eigenvalue weighted by molar-refractivity contribution is 5.73. The van der Waals surface area contributed by atoms with Crippen LogP contribution in [0.25, 0.3) is 0 Å². The predicted octanol–water partition coefficient (Wildman–Crippen LogP) is 4.53. The maximum atomic E-state index is 12.5. The molecular formula is C22H32N2O4. The van der Waals surface area contributed by atoms with Crippen molar-refractivity contribution in [3.8, 4) is 0 Å². The molecule has 154 valence electrons. The van der Waals surface area contributed by atoms with E-state index in [9.17, 15) is 9.59 Å². The Balaban J connectivity index is 1.75. The van der Waals surface area contributed by atoms with Gasteiger partial charge in [-0.3, -0.25) is 0 Å². The van der Waals surface area contributed by atoms with Crippen molar-refractivity contribution < 1.29 is 19.1 Å². The van der Waals surface area contributed by atoms with E-state index < -0.39 is 22.8 Å². The largest absolute Gasteiger partial charge is 0.444 e. The van der Waals surface area contributed by atoms with E-state index >= 15 is 0 Å². The van der Waals surface area contributed by atoms with Crippen LogP contribution in [0.1, 0.15) is 71.4 Å². The fraction of sp³-hybridized carbons (Fsp3) is 0.636. The molecule has 1 aromatic carbocycles. The van der Waals surface area contributed by atoms with E-state index in [1.807, 2.05) is 41.5 Å². The van der Waals surface area contributed by atoms with Gasteiger partial charge >= 0.3 is 12.2 Å². The summed E-state index contributed by atoms with van der Waals surface area (Å²) in [5, 5.41) is 3.00. The molecule has 1 aliphatic heterocycles. The SMILES string of the molecule is CC(C)(C)OC(=O)NC1(c2ccc(C3CC3)cc2)CN(C(=O)OC(C)(C)C)C1. The number of alkyl carbamates (subject to hydrolysis) is 1. The van der Waals surface area contributed by atoms with Gasteiger partial charge in [-0.2, -0.15) is 0 Å². The first-order valence-corrected chi connectivity index (χ1v) is 9.96. The van der Waals surface area contributed by atoms with Crippen LogP contribution in [0, 0.1) is 0 Å². The van der Waals surface area contributed by atoms with Crippen LogP contribution in [-0.2, 0) is 15.0 Å². The van der Waals surface area contributed by atoms with Gasteiger partial charge in [-0.25, -0.2) is 9.59 Å². The van der Waals surface area contributed by atoms with Gasteiger partial charge in [-0.1, -0.05) is 24.3 Å². The summed E-state index contributed by atoms with van der Waals surface area (Å²) >= 11 is 0. The number of hydrogen-bond acceptors (Lipinski definition) is 4. The average Bonchev–Trinajstić information content (AvgIpc) is 3.31. The molecule has 1 aliphatic carbocycles. The van der Waals surface area contributed by atoms with E-state index in [2.05, 4.69) is 29.6 Å². The topological polar surface area (TPSA) is 67.9 Å². The number of amides is 2. The average molecular weight is 389 g/mol. The second-order valence-corrected chi connectivity index (χ2v) is 9.94. The molecule has 28 heavy (non-hydrogen) atoms. The second-order valence-electron chi connectivity index (χ2n) is 9.94. The van der Waals surface area contributed by atoms with E-state index in [-0.39, 0.29) is 6.09 Å². The highest BCUT2D eigenvalue weighted by atomic mass is 16.6. The summed E-state index contributed by atoms with van der Waals surface area (Å²) in [7, 11) is 0. The van der Waals surface area contributed by atoms with Crippen molar-refractivity contribution in [1.82, 2.24) is 10.2 Å². The molecule has 0 aromatic heterocycles. The number of likely N-dealkylation sites (tertiary alicyclic amines) is 1. The van der Waals surface area contributed by atoms with Gasteiger partial charge in [-0.05, 0) is 71.4 Å². The smallest absolute Gasteiger partial charge is 0.410 e. The van der Waals surface area contributed by atoms with E-state index in [4.69, 9.17) is 9.47 Å². The van der Waals surface area contributed by atoms with Gasteiger partial charge in [0.25, 0.3) is 0 Å². The summed E-state index contributed by atoms with van der Waals surface area (Å²) < 4.78 is 10.9. The van der Waals surface area contributed by atoms with Gasteiger partial charge in [0, 0.05) is 0 Å². The highest BCUT2D eigenvalue weighted by Crippen LogP contribution is 2.41. The number of nitrogens with one attached hydrogen (secondary N) is 1. The number of nitrogens with zero attached hydrogens (tertiary/aromatic N) is 1. The summed E-state index contributed by atoms with van der Waals surface area (Å²) in [6.07, 6.45) is 1.63. The maximum Gasteiger partial charge on any atom is 0.410 e. The highest BCUT2D eigenvalue weighted by Gasteiger charge is 2.49. The van der Waals surface area contributed by atoms with Gasteiger partial charge in [0.05, 0.1) is 13.1 Å². The zero-order valence-corrected chi connectivity index (χ0v) is 17.8. The van der Waals surface area contributed by atoms with Gasteiger partial charge in [0.2, 0.25) is 0 Å². The molecule has 2 aliphatic rings. The quantitative estimate of drug-likeness (QED) is 0.826. The summed E-state index contributed by atoms with van der Waals surface area (Å²) in [4.78, 5) is 26.5. The first-order valence-electron chi connectivity index (χ1n) is 9.96. The van der Waals surface area contributed by atoms with Crippen molar-refractivity contribution in [2.24, 2.45) is 0 Å². The number of ether oxygens (including phenoxy) is 2. The third kappa shape index (κ3) is 4.97. The number of rotatable bonds is 3. The van der Waals surface area contributed by atoms with Crippen LogP contribution in [0.5, 0.6) is 0 Å². The van der Waals surface area contributed by atoms with E-state index in [0.717, 1.165) is 5.56 Å². The van der Waals surface area contributed by atoms with Crippen molar-refractivity contribution >= 4 is 12.2 Å². The first kappa shape index (κ1) is 20.5. The standard InChI is InChI=1S/C22H32N2O4/c1-20(2,3)27-18(25)23-22(13-24(14-22)19(26)28-21(4,5)6)17-11-9-16(10-12-17)15-7-8-15/h9-12,15H,7-8,13-14H2,1-6H3,(H,23,25). The summed E-state index contributed by atoms with van der Waals surface area (Å²) in [6.45, 7) is 11.7. The van der Waals surface area contributed by atoms with Crippen LogP contribution in [0.15, 0.2) is 24.3 Å². The molecule has 1 aromatic rings. The predicted molar refractivity (Wildman–Crippen MR) is 107 cm³/mol. The number of hydrogen-bond donors (Lipinski definition) is 1. The molecule has 0 radical (unpaired) electrons. The Morgan fingerprint density at radius 1 is 0.964 bits per heavy atom. The minimum Gasteiger partial charge on any atom is -0.444 e. The molecule has 2 fully saturated rings. The lowest BCUT2D eigenvalue weighted by Gasteiger charge is -2.50. The molecule has 1 saturated carbocycles. The zero-order chi connectivity index (χ0) is 20.7. The third-order valence-corrected chi connectivity index (χ3v) is 4.83. The molecule has 6 nitrogen and oxygen atoms in total. The normalized spacial score (nSPS) is 18.9. The lowest BCUT2D eigenvalue weighted by molar-refractivity contribution is -0.0230. The molecule has 2 amide bonds. The molecule has 0 atom stereocenters. The molecule has 0 spiro atoms. The number of benzene rings is 1. The van der Waals surface area contributed by atoms with Crippen molar-refractivity contribution in [2.45, 2.75) is 77.0 Å². The fourth-order valence-corrected chi connectivity index (χ4v) is 3.38. The lowest BCUT2D eigenvalue weighted by Crippen LogP contribution is -2.69. The summed E-state index contributed by atoms with van der Waals surface area (Å²) in [5.41, 5.74) is 0.499. The second kappa shape index (κ2) is 6.98. The Hall–Kier alpha value is -2.24. The van der Waals surface area contributed by atoms with E-state index in [1.54, 1.807) is 4.90 Å². The molecule has 0 bridgehead atoms. The molecule has 0 unspecified atom stereocenters. The fourth-order valence-electron chi connectivity index (χ4n) is 3.38. The number of carbonyl (C=O) groups is 2. The molecule has 1 N–H and O–H groups in total. The van der Waals surface area contributed by atoms with Crippen molar-refractivity contribution in [1.29, 1.82) is 0 Å². The monoisotopic (exact) mass is 388 g/mol. The van der Waals surface area contributed by atoms with E-state index in [0.29, 0.717) is 19.0 Å². The van der Waals surface area contributed by atoms with Gasteiger partial charge < -0.3 is 19.7 Å². The Kier molecular flexibility index (Phi) is 5.11. The van der Waals surface area contributed by atoms with Gasteiger partial charge in [0.15, 0.2) is 0 Å². The molecular weight excluding hydrogens is 356 g/mol. The van der Waals surface area contributed by atoms with Crippen LogP contribution in [0.4, 0.5) is 9.59 Å². The third-order valence-electron chi connectivity index (χ3n) is 4.83. The van der Waals surface area contributed by atoms with Crippen LogP contribution in [0.2, 0.25) is 0 Å². The molecule has 3 rings (SSSR count). The Morgan fingerprint density at radius 2 is 1.50 bits per heavy atom. The van der Waals surface area contributed by atoms with Crippen LogP contribution in [-0.4, -0.2) is 41.4 Å². The van der Waals surface area contributed by atoms with Gasteiger partial charge in [0.1, 0.15) is 16.7 Å². The first-order chi connectivity index (χ1) is 12.9. The minimum atomic E-state index is -0.665. The van der Waals surface area contributed by atoms with E-state index in [1.165, 1.54) is 18.4 Å². The van der Waals surface area contributed by atoms with Crippen molar-refractivity contribution in [3.63, 3.8) is 0 Å². The maximum absolute atomic E-state index is 12.5. The Morgan fingerprint density at radius 3 is 1.96 bits per heavy atom. The van der Waals surface area contributed by atoms with Crippen molar-refractivity contribution in [2.75, 3.05) is 13.1 Å².